The molecule has 0 aliphatic heterocycles. The molecule has 34 heavy (non-hydrogen) atoms. The number of nitrogens with one attached hydrogen (secondary N) is 2. The van der Waals surface area contributed by atoms with Gasteiger partial charge in [0.2, 0.25) is 0 Å². The summed E-state index contributed by atoms with van der Waals surface area (Å²) >= 11 is 0. The second-order valence-electron chi connectivity index (χ2n) is 9.91. The van der Waals surface area contributed by atoms with Crippen LogP contribution in [0.25, 0.3) is 49.7 Å². The van der Waals surface area contributed by atoms with Crippen molar-refractivity contribution in [1.29, 1.82) is 0 Å². The van der Waals surface area contributed by atoms with Gasteiger partial charge in [-0.25, -0.2) is 4.98 Å². The summed E-state index contributed by atoms with van der Waals surface area (Å²) in [4.78, 5) is 7.95. The van der Waals surface area contributed by atoms with Gasteiger partial charge in [-0.1, -0.05) is 52.0 Å². The average Bonchev–Trinajstić information content (AvgIpc) is 3.46. The first kappa shape index (κ1) is 22.3. The van der Waals surface area contributed by atoms with E-state index in [-0.39, 0.29) is 0 Å². The van der Waals surface area contributed by atoms with Gasteiger partial charge in [-0.15, -0.1) is 0 Å². The molecule has 0 aliphatic rings. The summed E-state index contributed by atoms with van der Waals surface area (Å²) in [6.45, 7) is 13.1. The van der Waals surface area contributed by atoms with Gasteiger partial charge >= 0.3 is 0 Å². The lowest BCUT2D eigenvalue weighted by Gasteiger charge is -2.21. The maximum absolute atomic E-state index is 6.44. The number of hydrogen-bond acceptors (Lipinski definition) is 3. The summed E-state index contributed by atoms with van der Waals surface area (Å²) in [5.41, 5.74) is 6.29. The molecule has 2 N–H and O–H groups in total. The Kier molecular flexibility index (Phi) is 5.68. The van der Waals surface area contributed by atoms with E-state index in [2.05, 4.69) is 111 Å². The number of allylic oxidation sites excluding steroid dienone is 1. The highest BCUT2D eigenvalue weighted by atomic mass is 16.3. The number of furan rings is 1. The van der Waals surface area contributed by atoms with E-state index in [0.29, 0.717) is 17.9 Å². The first-order valence-corrected chi connectivity index (χ1v) is 12.2. The fourth-order valence-corrected chi connectivity index (χ4v) is 4.42. The first-order valence-electron chi connectivity index (χ1n) is 12.2. The van der Waals surface area contributed by atoms with Gasteiger partial charge in [0.05, 0.1) is 11.9 Å². The summed E-state index contributed by atoms with van der Waals surface area (Å²) < 4.78 is 6.44. The predicted octanol–water partition coefficient (Wildman–Crippen LogP) is 8.25. The number of rotatable bonds is 6. The molecule has 3 aromatic carbocycles. The zero-order valence-electron chi connectivity index (χ0n) is 20.9. The third-order valence-corrected chi connectivity index (χ3v) is 6.89. The van der Waals surface area contributed by atoms with E-state index < -0.39 is 0 Å². The van der Waals surface area contributed by atoms with Crippen molar-refractivity contribution < 1.29 is 4.42 Å². The zero-order chi connectivity index (χ0) is 24.0. The van der Waals surface area contributed by atoms with Crippen molar-refractivity contribution >= 4 is 38.4 Å². The van der Waals surface area contributed by atoms with E-state index in [0.717, 1.165) is 50.1 Å². The van der Waals surface area contributed by atoms with E-state index in [9.17, 15) is 0 Å². The summed E-state index contributed by atoms with van der Waals surface area (Å²) in [6, 6.07) is 17.8. The molecule has 1 atom stereocenters. The topological polar surface area (TPSA) is 53.9 Å². The molecular weight excluding hydrogens is 418 g/mol. The molecular formula is C30H33N3O. The minimum absolute atomic E-state index is 0.367. The first-order chi connectivity index (χ1) is 16.4. The van der Waals surface area contributed by atoms with Crippen LogP contribution in [-0.4, -0.2) is 16.0 Å². The van der Waals surface area contributed by atoms with Crippen LogP contribution in [-0.2, 0) is 0 Å². The molecule has 4 heteroatoms. The third kappa shape index (κ3) is 3.87. The number of H-pyrrole nitrogens is 1. The molecule has 2 heterocycles. The molecule has 0 fully saturated rings. The average molecular weight is 452 g/mol. The normalized spacial score (nSPS) is 13.6. The van der Waals surface area contributed by atoms with Gasteiger partial charge in [0.15, 0.2) is 0 Å². The van der Waals surface area contributed by atoms with Crippen LogP contribution in [0.4, 0.5) is 0 Å². The van der Waals surface area contributed by atoms with Crippen LogP contribution in [0.3, 0.4) is 0 Å². The van der Waals surface area contributed by atoms with E-state index in [4.69, 9.17) is 4.42 Å². The Bertz CT molecular complexity index is 1520. The maximum atomic E-state index is 6.44. The van der Waals surface area contributed by atoms with E-state index >= 15 is 0 Å². The molecule has 0 spiro atoms. The SMILES string of the molecule is C/C=C(\NC(C)C(C)C)c1ccc2c(ccc3c4ccc(-c5cnc(C(C)C)[nH]5)cc4oc23)c1. The van der Waals surface area contributed by atoms with Crippen molar-refractivity contribution in [2.45, 2.75) is 53.5 Å². The quantitative estimate of drug-likeness (QED) is 0.273. The predicted molar refractivity (Wildman–Crippen MR) is 144 cm³/mol. The maximum Gasteiger partial charge on any atom is 0.143 e. The molecule has 1 unspecified atom stereocenters. The van der Waals surface area contributed by atoms with Crippen molar-refractivity contribution in [1.82, 2.24) is 15.3 Å². The van der Waals surface area contributed by atoms with E-state index in [1.807, 2.05) is 6.20 Å². The number of fused-ring (bicyclic) bond motifs is 5. The van der Waals surface area contributed by atoms with Crippen LogP contribution in [0.1, 0.15) is 58.8 Å². The summed E-state index contributed by atoms with van der Waals surface area (Å²) in [5, 5.41) is 8.26. The van der Waals surface area contributed by atoms with Gasteiger partial charge in [0.1, 0.15) is 17.0 Å². The molecule has 0 bridgehead atoms. The van der Waals surface area contributed by atoms with Crippen molar-refractivity contribution in [2.75, 3.05) is 0 Å². The van der Waals surface area contributed by atoms with Gasteiger partial charge in [0, 0.05) is 39.4 Å². The molecule has 0 amide bonds. The zero-order valence-corrected chi connectivity index (χ0v) is 20.9. The van der Waals surface area contributed by atoms with Crippen molar-refractivity contribution in [2.24, 2.45) is 5.92 Å². The summed E-state index contributed by atoms with van der Waals surface area (Å²) in [7, 11) is 0. The van der Waals surface area contributed by atoms with Gasteiger partial charge < -0.3 is 14.7 Å². The number of imidazole rings is 1. The fourth-order valence-electron chi connectivity index (χ4n) is 4.42. The number of benzene rings is 3. The lowest BCUT2D eigenvalue weighted by atomic mass is 10.0. The second kappa shape index (κ2) is 8.68. The Hall–Kier alpha value is -3.53. The van der Waals surface area contributed by atoms with Gasteiger partial charge in [-0.2, -0.15) is 0 Å². The van der Waals surface area contributed by atoms with Gasteiger partial charge in [-0.3, -0.25) is 0 Å². The number of aromatic nitrogens is 2. The number of hydrogen-bond donors (Lipinski definition) is 2. The molecule has 5 aromatic rings. The Labute approximate surface area is 201 Å². The minimum Gasteiger partial charge on any atom is -0.455 e. The molecule has 2 aromatic heterocycles. The second-order valence-corrected chi connectivity index (χ2v) is 9.91. The van der Waals surface area contributed by atoms with Crippen molar-refractivity contribution in [3.05, 3.63) is 72.2 Å². The van der Waals surface area contributed by atoms with Crippen molar-refractivity contribution in [3.8, 4) is 11.3 Å². The number of nitrogens with zero attached hydrogens (tertiary/aromatic N) is 1. The van der Waals surface area contributed by atoms with Crippen LogP contribution >= 0.6 is 0 Å². The Morgan fingerprint density at radius 2 is 1.71 bits per heavy atom. The minimum atomic E-state index is 0.367. The molecule has 0 saturated heterocycles. The fraction of sp³-hybridized carbons (Fsp3) is 0.300. The molecule has 5 rings (SSSR count). The molecule has 0 saturated carbocycles. The standard InChI is InChI=1S/C30H33N3O/c1-7-26(32-19(6)17(2)3)21-9-11-23-20(14-21)8-13-25-24-12-10-22(15-28(24)34-29(23)25)27-16-31-30(33-27)18(4)5/h7-19,32H,1-6H3,(H,31,33)/b26-7-. The number of aromatic amines is 1. The summed E-state index contributed by atoms with van der Waals surface area (Å²) in [6.07, 6.45) is 4.06. The lowest BCUT2D eigenvalue weighted by molar-refractivity contribution is 0.480. The van der Waals surface area contributed by atoms with Gasteiger partial charge in [0.25, 0.3) is 0 Å². The van der Waals surface area contributed by atoms with Crippen LogP contribution in [0, 0.1) is 5.92 Å². The van der Waals surface area contributed by atoms with Crippen molar-refractivity contribution in [3.63, 3.8) is 0 Å². The largest absolute Gasteiger partial charge is 0.455 e. The molecule has 0 radical (unpaired) electrons. The van der Waals surface area contributed by atoms with E-state index in [1.165, 1.54) is 10.9 Å². The van der Waals surface area contributed by atoms with Crippen LogP contribution in [0.15, 0.2) is 65.2 Å². The van der Waals surface area contributed by atoms with Crippen LogP contribution < -0.4 is 5.32 Å². The molecule has 0 aliphatic carbocycles. The van der Waals surface area contributed by atoms with Gasteiger partial charge in [-0.05, 0) is 61.0 Å². The highest BCUT2D eigenvalue weighted by molar-refractivity contribution is 6.15. The Morgan fingerprint density at radius 3 is 2.41 bits per heavy atom. The third-order valence-electron chi connectivity index (χ3n) is 6.89. The van der Waals surface area contributed by atoms with Crippen LogP contribution in [0.5, 0.6) is 0 Å². The Balaban J connectivity index is 1.56. The Morgan fingerprint density at radius 1 is 0.941 bits per heavy atom. The molecule has 4 nitrogen and oxygen atoms in total. The summed E-state index contributed by atoms with van der Waals surface area (Å²) in [5.74, 6) is 1.93. The molecule has 174 valence electrons. The van der Waals surface area contributed by atoms with E-state index in [1.54, 1.807) is 0 Å². The highest BCUT2D eigenvalue weighted by Gasteiger charge is 2.14. The highest BCUT2D eigenvalue weighted by Crippen LogP contribution is 2.36. The smallest absolute Gasteiger partial charge is 0.143 e. The van der Waals surface area contributed by atoms with Crippen LogP contribution in [0.2, 0.25) is 0 Å². The lowest BCUT2D eigenvalue weighted by Crippen LogP contribution is -2.29. The monoisotopic (exact) mass is 451 g/mol.